The lowest BCUT2D eigenvalue weighted by Crippen LogP contribution is -1.85. The predicted octanol–water partition coefficient (Wildman–Crippen LogP) is 1.05. The molecular formula is C11H8O2. The fraction of sp³-hybridized carbons (Fsp3) is 0.182. The summed E-state index contributed by atoms with van der Waals surface area (Å²) in [6, 6.07) is 0. The van der Waals surface area contributed by atoms with Gasteiger partial charge in [-0.2, -0.15) is 0 Å². The fourth-order valence-electron chi connectivity index (χ4n) is 0.514. The first-order valence-electron chi connectivity index (χ1n) is 3.60. The molecule has 0 fully saturated rings. The van der Waals surface area contributed by atoms with Crippen LogP contribution in [0, 0.1) is 36.0 Å². The van der Waals surface area contributed by atoms with Gasteiger partial charge in [0, 0.05) is 12.5 Å². The van der Waals surface area contributed by atoms with Crippen LogP contribution < -0.4 is 0 Å². The van der Waals surface area contributed by atoms with Crippen molar-refractivity contribution in [1.29, 1.82) is 0 Å². The van der Waals surface area contributed by atoms with Gasteiger partial charge >= 0.3 is 5.97 Å². The molecule has 0 unspecified atom stereocenters. The van der Waals surface area contributed by atoms with Crippen LogP contribution in [-0.4, -0.2) is 11.1 Å². The highest BCUT2D eigenvalue weighted by Crippen LogP contribution is 1.87. The van der Waals surface area contributed by atoms with Gasteiger partial charge in [-0.15, -0.1) is 6.42 Å². The largest absolute Gasteiger partial charge is 0.478 e. The Morgan fingerprint density at radius 2 is 2.15 bits per heavy atom. The lowest BCUT2D eigenvalue weighted by Gasteiger charge is -1.80. The van der Waals surface area contributed by atoms with Crippen LogP contribution in [0.4, 0.5) is 0 Å². The molecule has 0 atom stereocenters. The molecule has 0 saturated carbocycles. The highest BCUT2D eigenvalue weighted by Gasteiger charge is 1.82. The van der Waals surface area contributed by atoms with Crippen molar-refractivity contribution in [3.8, 4) is 36.0 Å². The monoisotopic (exact) mass is 172 g/mol. The Morgan fingerprint density at radius 3 is 2.77 bits per heavy atom. The maximum absolute atomic E-state index is 10.0. The van der Waals surface area contributed by atoms with E-state index < -0.39 is 5.97 Å². The Kier molecular flexibility index (Phi) is 6.69. The molecule has 0 amide bonds. The maximum atomic E-state index is 10.0. The second-order valence-electron chi connectivity index (χ2n) is 1.98. The lowest BCUT2D eigenvalue weighted by molar-refractivity contribution is -0.131. The molecule has 2 heteroatoms. The van der Waals surface area contributed by atoms with E-state index in [0.717, 1.165) is 6.08 Å². The van der Waals surface area contributed by atoms with Crippen LogP contribution in [0.25, 0.3) is 0 Å². The van der Waals surface area contributed by atoms with Crippen LogP contribution >= 0.6 is 0 Å². The first kappa shape index (κ1) is 10.9. The first-order chi connectivity index (χ1) is 6.27. The number of allylic oxidation sites excluding steroid dienone is 1. The van der Waals surface area contributed by atoms with Gasteiger partial charge in [-0.05, 0) is 30.1 Å². The molecular weight excluding hydrogens is 164 g/mol. The maximum Gasteiger partial charge on any atom is 0.327 e. The summed E-state index contributed by atoms with van der Waals surface area (Å²) >= 11 is 0. The van der Waals surface area contributed by atoms with Crippen molar-refractivity contribution in [3.05, 3.63) is 12.2 Å². The standard InChI is InChI=1S/C11H8O2/c1-2-3-4-5-6-7-8-9-10-11(12)13/h1,9-10H,7-8H2,(H,12,13)/b10-9+. The highest BCUT2D eigenvalue weighted by molar-refractivity contribution is 5.79. The van der Waals surface area contributed by atoms with E-state index in [4.69, 9.17) is 11.5 Å². The van der Waals surface area contributed by atoms with Crippen LogP contribution in [0.5, 0.6) is 0 Å². The Balaban J connectivity index is 3.61. The summed E-state index contributed by atoms with van der Waals surface area (Å²) in [7, 11) is 0. The van der Waals surface area contributed by atoms with E-state index in [-0.39, 0.29) is 0 Å². The minimum atomic E-state index is -0.944. The molecule has 0 aliphatic carbocycles. The quantitative estimate of drug-likeness (QED) is 0.392. The number of hydrogen-bond donors (Lipinski definition) is 1. The highest BCUT2D eigenvalue weighted by atomic mass is 16.4. The molecule has 1 N–H and O–H groups in total. The first-order valence-corrected chi connectivity index (χ1v) is 3.60. The number of rotatable bonds is 3. The molecule has 0 radical (unpaired) electrons. The molecule has 13 heavy (non-hydrogen) atoms. The van der Waals surface area contributed by atoms with Crippen LogP contribution in [0.15, 0.2) is 12.2 Å². The predicted molar refractivity (Wildman–Crippen MR) is 50.4 cm³/mol. The average molecular weight is 172 g/mol. The fourth-order valence-corrected chi connectivity index (χ4v) is 0.514. The van der Waals surface area contributed by atoms with E-state index in [0.29, 0.717) is 12.8 Å². The second kappa shape index (κ2) is 7.99. The molecule has 0 rings (SSSR count). The van der Waals surface area contributed by atoms with Crippen LogP contribution in [-0.2, 0) is 4.79 Å². The van der Waals surface area contributed by atoms with Crippen molar-refractivity contribution in [2.75, 3.05) is 0 Å². The molecule has 0 spiro atoms. The molecule has 0 aliphatic heterocycles. The van der Waals surface area contributed by atoms with Crippen molar-refractivity contribution >= 4 is 5.97 Å². The van der Waals surface area contributed by atoms with Crippen molar-refractivity contribution in [2.45, 2.75) is 12.8 Å². The van der Waals surface area contributed by atoms with Gasteiger partial charge in [-0.3, -0.25) is 0 Å². The smallest absolute Gasteiger partial charge is 0.327 e. The molecule has 0 aromatic heterocycles. The van der Waals surface area contributed by atoms with Gasteiger partial charge in [0.1, 0.15) is 0 Å². The van der Waals surface area contributed by atoms with Gasteiger partial charge in [0.2, 0.25) is 0 Å². The van der Waals surface area contributed by atoms with Crippen molar-refractivity contribution in [2.24, 2.45) is 0 Å². The van der Waals surface area contributed by atoms with Crippen molar-refractivity contribution in [1.82, 2.24) is 0 Å². The van der Waals surface area contributed by atoms with Crippen molar-refractivity contribution in [3.63, 3.8) is 0 Å². The lowest BCUT2D eigenvalue weighted by atomic mass is 10.3. The van der Waals surface area contributed by atoms with Crippen LogP contribution in [0.1, 0.15) is 12.8 Å². The van der Waals surface area contributed by atoms with Gasteiger partial charge in [-0.1, -0.05) is 12.0 Å². The van der Waals surface area contributed by atoms with E-state index in [9.17, 15) is 4.79 Å². The van der Waals surface area contributed by atoms with Crippen LogP contribution in [0.2, 0.25) is 0 Å². The third-order valence-corrected chi connectivity index (χ3v) is 0.982. The molecule has 0 aliphatic rings. The zero-order valence-corrected chi connectivity index (χ0v) is 7.00. The number of carboxylic acid groups (broad SMARTS) is 1. The zero-order chi connectivity index (χ0) is 9.94. The summed E-state index contributed by atoms with van der Waals surface area (Å²) in [5.74, 6) is 11.3. The van der Waals surface area contributed by atoms with E-state index in [1.54, 1.807) is 6.08 Å². The Labute approximate surface area is 77.7 Å². The normalized spacial score (nSPS) is 7.62. The third-order valence-electron chi connectivity index (χ3n) is 0.982. The average Bonchev–Trinajstić information content (AvgIpc) is 2.09. The number of hydrogen-bond acceptors (Lipinski definition) is 1. The number of carbonyl (C=O) groups is 1. The summed E-state index contributed by atoms with van der Waals surface area (Å²) in [4.78, 5) is 10.0. The Hall–Kier alpha value is -2.11. The molecule has 64 valence electrons. The van der Waals surface area contributed by atoms with Crippen LogP contribution in [0.3, 0.4) is 0 Å². The zero-order valence-electron chi connectivity index (χ0n) is 7.00. The van der Waals surface area contributed by atoms with Gasteiger partial charge < -0.3 is 5.11 Å². The van der Waals surface area contributed by atoms with Gasteiger partial charge in [0.05, 0.1) is 0 Å². The van der Waals surface area contributed by atoms with Crippen molar-refractivity contribution < 1.29 is 9.90 Å². The minimum Gasteiger partial charge on any atom is -0.478 e. The SMILES string of the molecule is C#CC#CC#CCC/C=C/C(=O)O. The van der Waals surface area contributed by atoms with E-state index >= 15 is 0 Å². The topological polar surface area (TPSA) is 37.3 Å². The molecule has 2 nitrogen and oxygen atoms in total. The molecule has 0 aromatic rings. The summed E-state index contributed by atoms with van der Waals surface area (Å²) < 4.78 is 0. The number of terminal acetylenes is 1. The molecule has 0 heterocycles. The molecule has 0 aromatic carbocycles. The minimum absolute atomic E-state index is 0.586. The Morgan fingerprint density at radius 1 is 1.38 bits per heavy atom. The Bertz CT molecular complexity index is 348. The molecule has 0 bridgehead atoms. The van der Waals surface area contributed by atoms with Gasteiger partial charge in [-0.25, -0.2) is 4.79 Å². The number of aliphatic carboxylic acids is 1. The second-order valence-corrected chi connectivity index (χ2v) is 1.98. The molecule has 0 saturated heterocycles. The van der Waals surface area contributed by atoms with E-state index in [1.807, 2.05) is 0 Å². The third kappa shape index (κ3) is 9.89. The van der Waals surface area contributed by atoms with Gasteiger partial charge in [0.15, 0.2) is 0 Å². The number of carboxylic acids is 1. The van der Waals surface area contributed by atoms with E-state index in [2.05, 4.69) is 29.6 Å². The van der Waals surface area contributed by atoms with E-state index in [1.165, 1.54) is 0 Å². The summed E-state index contributed by atoms with van der Waals surface area (Å²) in [6.45, 7) is 0. The summed E-state index contributed by atoms with van der Waals surface area (Å²) in [5.41, 5.74) is 0. The summed E-state index contributed by atoms with van der Waals surface area (Å²) in [5, 5.41) is 8.22. The summed E-state index contributed by atoms with van der Waals surface area (Å²) in [6.07, 6.45) is 8.69. The van der Waals surface area contributed by atoms with Gasteiger partial charge in [0.25, 0.3) is 0 Å². The number of unbranched alkanes of at least 4 members (excludes halogenated alkanes) is 1.